The van der Waals surface area contributed by atoms with Gasteiger partial charge in [0.15, 0.2) is 0 Å². The van der Waals surface area contributed by atoms with Gasteiger partial charge in [0, 0.05) is 10.6 Å². The normalized spacial score (nSPS) is 11.9. The Bertz CT molecular complexity index is 448. The summed E-state index contributed by atoms with van der Waals surface area (Å²) in [6.45, 7) is 1.53. The first kappa shape index (κ1) is 13.5. The molecule has 1 atom stereocenters. The average Bonchev–Trinajstić information content (AvgIpc) is 2.25. The molecule has 1 aromatic carbocycles. The quantitative estimate of drug-likeness (QED) is 0.720. The highest BCUT2D eigenvalue weighted by atomic mass is 35.5. The van der Waals surface area contributed by atoms with Crippen LogP contribution in [0.5, 0.6) is 0 Å². The summed E-state index contributed by atoms with van der Waals surface area (Å²) in [6, 6.07) is 4.82. The van der Waals surface area contributed by atoms with Crippen LogP contribution in [0.2, 0.25) is 5.02 Å². The molecule has 5 nitrogen and oxygen atoms in total. The molecule has 17 heavy (non-hydrogen) atoms. The first-order valence-corrected chi connectivity index (χ1v) is 5.31. The predicted octanol–water partition coefficient (Wildman–Crippen LogP) is 0.224. The fourth-order valence-electron chi connectivity index (χ4n) is 1.27. The smallest absolute Gasteiger partial charge is 0.251 e. The van der Waals surface area contributed by atoms with E-state index in [0.717, 1.165) is 0 Å². The minimum Gasteiger partial charge on any atom is -0.381 e. The zero-order valence-corrected chi connectivity index (χ0v) is 9.99. The number of amides is 2. The largest absolute Gasteiger partial charge is 0.381 e. The Kier molecular flexibility index (Phi) is 4.48. The lowest BCUT2D eigenvalue weighted by molar-refractivity contribution is -0.125. The van der Waals surface area contributed by atoms with Crippen molar-refractivity contribution >= 4 is 23.4 Å². The van der Waals surface area contributed by atoms with E-state index in [1.807, 2.05) is 0 Å². The van der Waals surface area contributed by atoms with E-state index in [1.165, 1.54) is 0 Å². The topological polar surface area (TPSA) is 92.4 Å². The van der Waals surface area contributed by atoms with Crippen molar-refractivity contribution in [1.82, 2.24) is 5.32 Å². The molecule has 0 saturated carbocycles. The van der Waals surface area contributed by atoms with Gasteiger partial charge in [-0.3, -0.25) is 9.59 Å². The standard InChI is InChI=1S/C11H13ClN2O3/c1-6-4-7(12)2-3-8(6)11(17)14-5-9(15)10(13)16/h2-4,9,15H,5H2,1H3,(H2,13,16)(H,14,17). The van der Waals surface area contributed by atoms with Crippen molar-refractivity contribution in [1.29, 1.82) is 0 Å². The maximum absolute atomic E-state index is 11.7. The van der Waals surface area contributed by atoms with Crippen LogP contribution in [0.4, 0.5) is 0 Å². The van der Waals surface area contributed by atoms with Gasteiger partial charge in [0.05, 0.1) is 6.54 Å². The van der Waals surface area contributed by atoms with Gasteiger partial charge in [-0.1, -0.05) is 11.6 Å². The molecular formula is C11H13ClN2O3. The van der Waals surface area contributed by atoms with Crippen LogP contribution in [0.25, 0.3) is 0 Å². The Morgan fingerprint density at radius 1 is 1.53 bits per heavy atom. The van der Waals surface area contributed by atoms with Crippen molar-refractivity contribution in [2.75, 3.05) is 6.54 Å². The van der Waals surface area contributed by atoms with E-state index >= 15 is 0 Å². The molecule has 0 saturated heterocycles. The number of aliphatic hydroxyl groups is 1. The number of aliphatic hydroxyl groups excluding tert-OH is 1. The number of carbonyl (C=O) groups is 2. The Morgan fingerprint density at radius 2 is 2.18 bits per heavy atom. The molecule has 0 aliphatic rings. The number of nitrogens with two attached hydrogens (primary N) is 1. The predicted molar refractivity (Wildman–Crippen MR) is 63.7 cm³/mol. The maximum atomic E-state index is 11.7. The van der Waals surface area contributed by atoms with Crippen molar-refractivity contribution in [3.63, 3.8) is 0 Å². The van der Waals surface area contributed by atoms with Crippen LogP contribution in [0, 0.1) is 6.92 Å². The van der Waals surface area contributed by atoms with E-state index in [4.69, 9.17) is 22.4 Å². The minimum absolute atomic E-state index is 0.212. The summed E-state index contributed by atoms with van der Waals surface area (Å²) in [5.74, 6) is -1.27. The highest BCUT2D eigenvalue weighted by Crippen LogP contribution is 2.14. The minimum atomic E-state index is -1.38. The summed E-state index contributed by atoms with van der Waals surface area (Å²) in [7, 11) is 0. The monoisotopic (exact) mass is 256 g/mol. The molecule has 1 aromatic rings. The van der Waals surface area contributed by atoms with Crippen LogP contribution >= 0.6 is 11.6 Å². The van der Waals surface area contributed by atoms with Gasteiger partial charge in [0.25, 0.3) is 5.91 Å². The molecule has 0 aliphatic carbocycles. The van der Waals surface area contributed by atoms with Crippen LogP contribution in [-0.2, 0) is 4.79 Å². The van der Waals surface area contributed by atoms with Crippen LogP contribution in [0.3, 0.4) is 0 Å². The lowest BCUT2D eigenvalue weighted by atomic mass is 10.1. The number of aryl methyl sites for hydroxylation is 1. The molecule has 4 N–H and O–H groups in total. The lowest BCUT2D eigenvalue weighted by Gasteiger charge is -2.10. The fourth-order valence-corrected chi connectivity index (χ4v) is 1.49. The van der Waals surface area contributed by atoms with Gasteiger partial charge in [-0.2, -0.15) is 0 Å². The van der Waals surface area contributed by atoms with E-state index in [9.17, 15) is 9.59 Å². The van der Waals surface area contributed by atoms with E-state index in [2.05, 4.69) is 5.32 Å². The lowest BCUT2D eigenvalue weighted by Crippen LogP contribution is -2.40. The zero-order chi connectivity index (χ0) is 13.0. The Morgan fingerprint density at radius 3 is 2.71 bits per heavy atom. The molecule has 92 valence electrons. The first-order chi connectivity index (χ1) is 7.91. The van der Waals surface area contributed by atoms with Crippen molar-refractivity contribution in [3.8, 4) is 0 Å². The number of nitrogens with one attached hydrogen (secondary N) is 1. The molecule has 1 unspecified atom stereocenters. The number of carbonyl (C=O) groups excluding carboxylic acids is 2. The van der Waals surface area contributed by atoms with Crippen LogP contribution in [0.15, 0.2) is 18.2 Å². The van der Waals surface area contributed by atoms with E-state index in [1.54, 1.807) is 25.1 Å². The molecule has 0 spiro atoms. The second-order valence-electron chi connectivity index (χ2n) is 3.59. The highest BCUT2D eigenvalue weighted by molar-refractivity contribution is 6.30. The molecule has 0 fully saturated rings. The number of rotatable bonds is 4. The molecule has 0 aliphatic heterocycles. The molecule has 2 amide bonds. The maximum Gasteiger partial charge on any atom is 0.251 e. The van der Waals surface area contributed by atoms with Gasteiger partial charge < -0.3 is 16.2 Å². The van der Waals surface area contributed by atoms with Gasteiger partial charge >= 0.3 is 0 Å². The summed E-state index contributed by atoms with van der Waals surface area (Å²) in [6.07, 6.45) is -1.38. The molecule has 6 heteroatoms. The Balaban J connectivity index is 2.67. The van der Waals surface area contributed by atoms with Crippen LogP contribution < -0.4 is 11.1 Å². The van der Waals surface area contributed by atoms with Gasteiger partial charge in [-0.15, -0.1) is 0 Å². The highest BCUT2D eigenvalue weighted by Gasteiger charge is 2.14. The van der Waals surface area contributed by atoms with Gasteiger partial charge in [0.2, 0.25) is 5.91 Å². The SMILES string of the molecule is Cc1cc(Cl)ccc1C(=O)NCC(O)C(N)=O. The molecular weight excluding hydrogens is 244 g/mol. The number of hydrogen-bond donors (Lipinski definition) is 3. The molecule has 0 bridgehead atoms. The van der Waals surface area contributed by atoms with Crippen LogP contribution in [0.1, 0.15) is 15.9 Å². The third kappa shape index (κ3) is 3.72. The fraction of sp³-hybridized carbons (Fsp3) is 0.273. The molecule has 1 rings (SSSR count). The van der Waals surface area contributed by atoms with E-state index < -0.39 is 12.0 Å². The second-order valence-corrected chi connectivity index (χ2v) is 4.02. The van der Waals surface area contributed by atoms with Gasteiger partial charge in [-0.05, 0) is 30.7 Å². The summed E-state index contributed by atoms with van der Waals surface area (Å²) in [4.78, 5) is 22.2. The number of halogens is 1. The molecule has 0 heterocycles. The van der Waals surface area contributed by atoms with Crippen molar-refractivity contribution in [3.05, 3.63) is 34.3 Å². The zero-order valence-electron chi connectivity index (χ0n) is 9.24. The molecule has 0 aromatic heterocycles. The van der Waals surface area contributed by atoms with Crippen molar-refractivity contribution in [2.24, 2.45) is 5.73 Å². The third-order valence-corrected chi connectivity index (χ3v) is 2.45. The van der Waals surface area contributed by atoms with Crippen molar-refractivity contribution < 1.29 is 14.7 Å². The molecule has 0 radical (unpaired) electrons. The number of primary amides is 1. The number of benzene rings is 1. The number of hydrogen-bond acceptors (Lipinski definition) is 3. The van der Waals surface area contributed by atoms with Crippen LogP contribution in [-0.4, -0.2) is 29.6 Å². The van der Waals surface area contributed by atoms with Crippen molar-refractivity contribution in [2.45, 2.75) is 13.0 Å². The third-order valence-electron chi connectivity index (χ3n) is 2.22. The summed E-state index contributed by atoms with van der Waals surface area (Å²) < 4.78 is 0. The first-order valence-electron chi connectivity index (χ1n) is 4.93. The van der Waals surface area contributed by atoms with Gasteiger partial charge in [0.1, 0.15) is 6.10 Å². The van der Waals surface area contributed by atoms with E-state index in [-0.39, 0.29) is 12.5 Å². The summed E-state index contributed by atoms with van der Waals surface area (Å²) in [5.41, 5.74) is 6.00. The summed E-state index contributed by atoms with van der Waals surface area (Å²) >= 11 is 5.76. The van der Waals surface area contributed by atoms with E-state index in [0.29, 0.717) is 16.1 Å². The Labute approximate surface area is 104 Å². The second kappa shape index (κ2) is 5.65. The summed E-state index contributed by atoms with van der Waals surface area (Å²) in [5, 5.41) is 12.1. The van der Waals surface area contributed by atoms with Gasteiger partial charge in [-0.25, -0.2) is 0 Å². The average molecular weight is 257 g/mol. The Hall–Kier alpha value is -1.59.